The highest BCUT2D eigenvalue weighted by Crippen LogP contribution is 2.55. The van der Waals surface area contributed by atoms with Crippen molar-refractivity contribution in [2.24, 2.45) is 37.9 Å². The summed E-state index contributed by atoms with van der Waals surface area (Å²) in [5.41, 5.74) is 23.0. The molecule has 4 nitrogen and oxygen atoms in total. The topological polar surface area (TPSA) is 16.3 Å². The molecule has 0 fully saturated rings. The van der Waals surface area contributed by atoms with Crippen LogP contribution in [-0.2, 0) is 44.7 Å². The number of benzene rings is 17. The van der Waals surface area contributed by atoms with E-state index in [2.05, 4.69) is 294 Å². The summed E-state index contributed by atoms with van der Waals surface area (Å²) in [6.45, 7) is 40.7. The molecule has 708 valence electrons. The molecular formula is C137H137BN4. The predicted molar refractivity (Wildman–Crippen MR) is 615 cm³/mol. The minimum atomic E-state index is -2.14. The van der Waals surface area contributed by atoms with Crippen LogP contribution >= 0.6 is 0 Å². The monoisotopic (exact) mass is 1860 g/mol. The number of hydrogen-bond acceptors (Lipinski definition) is 2. The Labute approximate surface area is 862 Å². The minimum absolute atomic E-state index is 0.355. The lowest BCUT2D eigenvalue weighted by Crippen LogP contribution is -2.61. The Balaban J connectivity index is 0.971. The zero-order valence-electron chi connectivity index (χ0n) is 98.2. The Morgan fingerprint density at radius 2 is 0.479 bits per heavy atom. The maximum absolute atomic E-state index is 11.0. The fourth-order valence-corrected chi connectivity index (χ4v) is 21.7. The van der Waals surface area contributed by atoms with Gasteiger partial charge in [0.15, 0.2) is 0 Å². The summed E-state index contributed by atoms with van der Waals surface area (Å²) in [5, 5.41) is 4.19. The molecule has 0 saturated heterocycles. The van der Waals surface area contributed by atoms with Gasteiger partial charge in [0.25, 0.3) is 6.71 Å². The summed E-state index contributed by atoms with van der Waals surface area (Å²) in [5.74, 6) is 0. The van der Waals surface area contributed by atoms with Gasteiger partial charge in [-0.3, -0.25) is 0 Å². The number of rotatable bonds is 19. The van der Waals surface area contributed by atoms with Crippen molar-refractivity contribution in [2.75, 3.05) is 9.80 Å². The standard InChI is InChI=1S/C137H137BN4/c1-131(2,3)82-89-38-34-50-102(66-89)110-80-124(112(76-106(110)87-136(16,17)18)104-52-36-40-91(68-104)84-133(7,8)9)141-126-78-108(139-120-62-54-98(94-42-26-22-27-43-94)72-114(120)115-73-99(55-63-121(115)139)95-44-28-23-29-45-95)58-60-118(126)138-119-61-59-109(140-122-64-56-100(96-46-30-24-31-47-96)74-116(122)117-75-101(57-65-123(117)140)97-48-32-25-33-49-97)79-127(119)142(129-71-93(86-135(13,14)15)70-128(141)130(129)138)125-81-111(103-51-35-39-90(67-103)83-132(4,5)6)107(88-137(19,20)21)77-113(125)105-53-37-41-92(69-105)85-134(10,11)12/h22-81H,82-88H2,1-21H3/i82D2,83D2,84D2,85D2,87D2,88D2. The number of nitrogens with zero attached hydrogens (tertiary/aromatic N) is 4. The van der Waals surface area contributed by atoms with Crippen molar-refractivity contribution < 1.29 is 16.4 Å². The first-order chi connectivity index (χ1) is 72.3. The quantitative estimate of drug-likeness (QED) is 0.0750. The number of hydrogen-bond donors (Lipinski definition) is 0. The molecule has 0 saturated carbocycles. The van der Waals surface area contributed by atoms with Gasteiger partial charge in [-0.1, -0.05) is 400 Å². The molecule has 0 radical (unpaired) electrons. The first-order valence-corrected chi connectivity index (χ1v) is 50.6. The first-order valence-electron chi connectivity index (χ1n) is 56.6. The van der Waals surface area contributed by atoms with E-state index in [9.17, 15) is 16.4 Å². The van der Waals surface area contributed by atoms with Crippen molar-refractivity contribution in [3.63, 3.8) is 0 Å². The van der Waals surface area contributed by atoms with E-state index in [1.54, 1.807) is 0 Å². The Morgan fingerprint density at radius 3 is 0.754 bits per heavy atom. The molecule has 17 aromatic carbocycles. The molecule has 21 rings (SSSR count). The lowest BCUT2D eigenvalue weighted by Gasteiger charge is -2.46. The van der Waals surface area contributed by atoms with Crippen LogP contribution in [0.1, 0.15) is 201 Å². The Morgan fingerprint density at radius 1 is 0.204 bits per heavy atom. The first kappa shape index (κ1) is 80.6. The van der Waals surface area contributed by atoms with Crippen LogP contribution in [0.2, 0.25) is 0 Å². The largest absolute Gasteiger partial charge is 0.311 e. The van der Waals surface area contributed by atoms with Gasteiger partial charge in [-0.15, -0.1) is 0 Å². The smallest absolute Gasteiger partial charge is 0.252 e. The van der Waals surface area contributed by atoms with Crippen LogP contribution in [-0.4, -0.2) is 15.8 Å². The number of fused-ring (bicyclic) bond motifs is 10. The van der Waals surface area contributed by atoms with Crippen LogP contribution < -0.4 is 26.2 Å². The molecule has 0 unspecified atom stereocenters. The molecule has 0 aliphatic carbocycles. The highest BCUT2D eigenvalue weighted by atomic mass is 15.2. The maximum Gasteiger partial charge on any atom is 0.252 e. The van der Waals surface area contributed by atoms with Crippen molar-refractivity contribution in [3.05, 3.63) is 403 Å². The lowest BCUT2D eigenvalue weighted by molar-refractivity contribution is 0.410. The molecule has 0 bridgehead atoms. The number of anilines is 6. The Bertz CT molecular complexity index is 8040. The van der Waals surface area contributed by atoms with E-state index >= 15 is 0 Å². The summed E-state index contributed by atoms with van der Waals surface area (Å²) >= 11 is 0. The van der Waals surface area contributed by atoms with Gasteiger partial charge in [0.05, 0.1) is 33.4 Å². The minimum Gasteiger partial charge on any atom is -0.311 e. The van der Waals surface area contributed by atoms with Crippen LogP contribution in [0, 0.1) is 37.9 Å². The van der Waals surface area contributed by atoms with Crippen molar-refractivity contribution in [3.8, 4) is 100 Å². The second-order valence-corrected chi connectivity index (χ2v) is 46.8. The second-order valence-electron chi connectivity index (χ2n) is 46.8. The molecule has 2 aliphatic rings. The molecule has 0 N–H and O–H groups in total. The van der Waals surface area contributed by atoms with E-state index < -0.39 is 82.9 Å². The molecule has 142 heavy (non-hydrogen) atoms. The number of aromatic nitrogens is 2. The molecule has 4 heterocycles. The van der Waals surface area contributed by atoms with Gasteiger partial charge in [-0.25, -0.2) is 0 Å². The maximum atomic E-state index is 11.0. The van der Waals surface area contributed by atoms with Crippen molar-refractivity contribution in [1.82, 2.24) is 9.13 Å². The summed E-state index contributed by atoms with van der Waals surface area (Å²) in [6.07, 6.45) is -11.4. The molecule has 0 spiro atoms. The van der Waals surface area contributed by atoms with Crippen LogP contribution in [0.25, 0.3) is 144 Å². The zero-order chi connectivity index (χ0) is 110. The van der Waals surface area contributed by atoms with E-state index in [1.165, 1.54) is 0 Å². The van der Waals surface area contributed by atoms with Gasteiger partial charge in [0.1, 0.15) is 0 Å². The molecule has 2 aliphatic heterocycles. The SMILES string of the molecule is [2H]C([2H])(c1cccc(-c2cc(C([2H])([2H])C(C)(C)C)c(-c3cccc(C([2H])([2H])C(C)(C)C)c3)cc2N2c3cc(-n4c5ccc(-c6ccccc6)cc5c5cc(-c6ccccc6)ccc54)ccc3B3c4ccc(-n5c6ccc(-c7ccccc7)cc6c6cc(-c7ccccc7)ccc65)cc4N(c4cc(-c5cccc(C([2H])([2H])C(C)(C)C)c5)c(C([2H])([2H])C(C)(C)C)cc4-c4cccc(C([2H])([2H])C(C)(C)C)c4)c4cc(CC(C)(C)C)cc2c43)c1)C(C)(C)C. The zero-order valence-corrected chi connectivity index (χ0v) is 86.2. The van der Waals surface area contributed by atoms with Gasteiger partial charge in [-0.2, -0.15) is 0 Å². The van der Waals surface area contributed by atoms with Crippen LogP contribution in [0.3, 0.4) is 0 Å². The molecule has 5 heteroatoms. The normalized spacial score (nSPS) is 15.0. The summed E-state index contributed by atoms with van der Waals surface area (Å²) in [7, 11) is 0. The lowest BCUT2D eigenvalue weighted by atomic mass is 9.33. The second kappa shape index (κ2) is 36.2. The van der Waals surface area contributed by atoms with E-state index in [4.69, 9.17) is 0 Å². The summed E-state index contributed by atoms with van der Waals surface area (Å²) in [4.78, 5) is 4.86. The van der Waals surface area contributed by atoms with Crippen molar-refractivity contribution >= 4 is 101 Å². The third kappa shape index (κ3) is 19.3. The summed E-state index contributed by atoms with van der Waals surface area (Å²) in [6, 6.07) is 127. The predicted octanol–water partition coefficient (Wildman–Crippen LogP) is 36.4. The third-order valence-corrected chi connectivity index (χ3v) is 26.9. The van der Waals surface area contributed by atoms with E-state index in [0.29, 0.717) is 95.7 Å². The fraction of sp³-hybridized carbons (Fsp3) is 0.255. The third-order valence-electron chi connectivity index (χ3n) is 26.9. The molecule has 0 atom stereocenters. The Hall–Kier alpha value is -14.0. The van der Waals surface area contributed by atoms with E-state index in [0.717, 1.165) is 144 Å². The van der Waals surface area contributed by atoms with Crippen LogP contribution in [0.4, 0.5) is 34.1 Å². The van der Waals surface area contributed by atoms with Crippen molar-refractivity contribution in [2.45, 2.75) is 190 Å². The summed E-state index contributed by atoms with van der Waals surface area (Å²) < 4.78 is 130. The molecule has 19 aromatic rings. The highest BCUT2D eigenvalue weighted by Gasteiger charge is 2.46. The fourth-order valence-electron chi connectivity index (χ4n) is 21.7. The van der Waals surface area contributed by atoms with Crippen LogP contribution in [0.15, 0.2) is 364 Å². The van der Waals surface area contributed by atoms with Crippen LogP contribution in [0.5, 0.6) is 0 Å². The molecular weight excluding hydrogens is 1710 g/mol. The van der Waals surface area contributed by atoms with E-state index in [-0.39, 0.29) is 0 Å². The van der Waals surface area contributed by atoms with Gasteiger partial charge in [0.2, 0.25) is 0 Å². The highest BCUT2D eigenvalue weighted by molar-refractivity contribution is 7.00. The van der Waals surface area contributed by atoms with Gasteiger partial charge >= 0.3 is 0 Å². The Kier molecular flexibility index (Phi) is 20.6. The molecule has 0 amide bonds. The van der Waals surface area contributed by atoms with Gasteiger partial charge in [0, 0.05) is 83.2 Å². The van der Waals surface area contributed by atoms with Gasteiger partial charge < -0.3 is 18.9 Å². The van der Waals surface area contributed by atoms with Crippen molar-refractivity contribution in [1.29, 1.82) is 0 Å². The molecule has 2 aromatic heterocycles. The van der Waals surface area contributed by atoms with Gasteiger partial charge in [-0.05, 0) is 325 Å². The average molecular weight is 1860 g/mol. The van der Waals surface area contributed by atoms with E-state index in [1.807, 2.05) is 234 Å². The average Bonchev–Trinajstić information content (AvgIpc) is 0.766.